The topological polar surface area (TPSA) is 86.4 Å². The summed E-state index contributed by atoms with van der Waals surface area (Å²) >= 11 is 0. The van der Waals surface area contributed by atoms with Gasteiger partial charge in [-0.2, -0.15) is 0 Å². The molecule has 1 aromatic carbocycles. The van der Waals surface area contributed by atoms with Crippen LogP contribution in [0.5, 0.6) is 0 Å². The third-order valence-electron chi connectivity index (χ3n) is 5.55. The molecule has 1 unspecified atom stereocenters. The van der Waals surface area contributed by atoms with Crippen molar-refractivity contribution >= 4 is 29.7 Å². The molecule has 1 fully saturated rings. The van der Waals surface area contributed by atoms with Gasteiger partial charge in [-0.25, -0.2) is 9.79 Å². The molecular weight excluding hydrogens is 384 g/mol. The molecule has 30 heavy (non-hydrogen) atoms. The number of carbonyl (C=O) groups is 3. The maximum Gasteiger partial charge on any atom is 0.350 e. The van der Waals surface area contributed by atoms with E-state index in [1.165, 1.54) is 29.3 Å². The zero-order chi connectivity index (χ0) is 21.3. The largest absolute Gasteiger partial charge is 0.467 e. The van der Waals surface area contributed by atoms with E-state index in [-0.39, 0.29) is 12.5 Å². The fourth-order valence-corrected chi connectivity index (χ4v) is 3.83. The van der Waals surface area contributed by atoms with Gasteiger partial charge in [-0.15, -0.1) is 0 Å². The number of nitrogens with zero attached hydrogens (tertiary/aromatic N) is 4. The van der Waals surface area contributed by atoms with Crippen LogP contribution in [0.1, 0.15) is 16.9 Å². The Bertz CT molecular complexity index is 991. The fourth-order valence-electron chi connectivity index (χ4n) is 3.83. The van der Waals surface area contributed by atoms with E-state index in [0.29, 0.717) is 31.9 Å². The van der Waals surface area contributed by atoms with Crippen LogP contribution in [0.25, 0.3) is 0 Å². The molecule has 8 heteroatoms. The van der Waals surface area contributed by atoms with Gasteiger partial charge in [-0.3, -0.25) is 14.5 Å². The van der Waals surface area contributed by atoms with Crippen LogP contribution in [-0.4, -0.2) is 60.0 Å². The number of aryl methyl sites for hydroxylation is 2. The molecule has 2 aliphatic rings. The van der Waals surface area contributed by atoms with Crippen molar-refractivity contribution in [2.24, 2.45) is 10.9 Å². The highest BCUT2D eigenvalue weighted by Gasteiger charge is 2.39. The quantitative estimate of drug-likeness (QED) is 0.725. The predicted octanol–water partition coefficient (Wildman–Crippen LogP) is 2.39. The summed E-state index contributed by atoms with van der Waals surface area (Å²) in [5, 5.41) is 0. The number of furan rings is 1. The summed E-state index contributed by atoms with van der Waals surface area (Å²) in [7, 11) is 0. The van der Waals surface area contributed by atoms with Crippen LogP contribution in [0.15, 0.2) is 46.0 Å². The number of carbonyl (C=O) groups excluding carboxylic acids is 3. The molecule has 3 heterocycles. The van der Waals surface area contributed by atoms with E-state index in [1.807, 2.05) is 0 Å². The summed E-state index contributed by atoms with van der Waals surface area (Å²) in [4.78, 5) is 46.6. The van der Waals surface area contributed by atoms with Crippen molar-refractivity contribution in [3.63, 3.8) is 0 Å². The molecule has 0 N–H and O–H groups in total. The number of hydrogen-bond donors (Lipinski definition) is 0. The van der Waals surface area contributed by atoms with Gasteiger partial charge in [0.2, 0.25) is 11.8 Å². The van der Waals surface area contributed by atoms with E-state index in [4.69, 9.17) is 4.42 Å². The van der Waals surface area contributed by atoms with Crippen LogP contribution in [0, 0.1) is 19.8 Å². The van der Waals surface area contributed by atoms with Gasteiger partial charge in [-0.05, 0) is 43.2 Å². The minimum absolute atomic E-state index is 0.0355. The third-order valence-corrected chi connectivity index (χ3v) is 5.55. The van der Waals surface area contributed by atoms with Crippen LogP contribution in [0.3, 0.4) is 0 Å². The Hall–Kier alpha value is -3.42. The van der Waals surface area contributed by atoms with Crippen molar-refractivity contribution in [2.75, 3.05) is 31.1 Å². The lowest BCUT2D eigenvalue weighted by Gasteiger charge is -2.38. The van der Waals surface area contributed by atoms with Gasteiger partial charge >= 0.3 is 6.03 Å². The van der Waals surface area contributed by atoms with Gasteiger partial charge in [0.25, 0.3) is 0 Å². The molecule has 1 saturated heterocycles. The first kappa shape index (κ1) is 19.9. The Morgan fingerprint density at radius 3 is 2.60 bits per heavy atom. The molecule has 2 aromatic rings. The van der Waals surface area contributed by atoms with Gasteiger partial charge in [0.15, 0.2) is 5.92 Å². The summed E-state index contributed by atoms with van der Waals surface area (Å²) in [6.45, 7) is 6.49. The average Bonchev–Trinajstić information content (AvgIpc) is 3.26. The maximum atomic E-state index is 13.0. The first-order valence-electron chi connectivity index (χ1n) is 9.97. The van der Waals surface area contributed by atoms with Gasteiger partial charge in [-0.1, -0.05) is 12.1 Å². The molecule has 2 aliphatic heterocycles. The van der Waals surface area contributed by atoms with Crippen molar-refractivity contribution in [1.82, 2.24) is 9.80 Å². The molecule has 156 valence electrons. The molecule has 0 saturated carbocycles. The summed E-state index contributed by atoms with van der Waals surface area (Å²) < 4.78 is 5.22. The Morgan fingerprint density at radius 1 is 1.13 bits per heavy atom. The standard InChI is InChI=1S/C22H24N4O4/c1-15-5-6-16(2)19(12-15)24-7-9-25(10-8-24)20(27)18-13-23-22(29)26(21(18)28)14-17-4-3-11-30-17/h3-6,11-13,18H,7-10,14H2,1-2H3. The SMILES string of the molecule is Cc1ccc(C)c(N2CCN(C(=O)C3C=NC(=O)N(Cc4ccco4)C3=O)CC2)c1. The lowest BCUT2D eigenvalue weighted by molar-refractivity contribution is -0.143. The number of piperazine rings is 1. The maximum absolute atomic E-state index is 13.0. The van der Waals surface area contributed by atoms with E-state index in [0.717, 1.165) is 4.90 Å². The molecule has 1 atom stereocenters. The highest BCUT2D eigenvalue weighted by atomic mass is 16.3. The van der Waals surface area contributed by atoms with E-state index in [9.17, 15) is 14.4 Å². The summed E-state index contributed by atoms with van der Waals surface area (Å²) in [5.74, 6) is -1.50. The summed E-state index contributed by atoms with van der Waals surface area (Å²) in [6, 6.07) is 9.01. The van der Waals surface area contributed by atoms with Crippen molar-refractivity contribution in [1.29, 1.82) is 0 Å². The Kier molecular flexibility index (Phi) is 5.39. The van der Waals surface area contributed by atoms with E-state index in [2.05, 4.69) is 41.9 Å². The van der Waals surface area contributed by atoms with E-state index in [1.54, 1.807) is 17.0 Å². The van der Waals surface area contributed by atoms with E-state index < -0.39 is 17.9 Å². The van der Waals surface area contributed by atoms with Crippen LogP contribution in [0.2, 0.25) is 0 Å². The van der Waals surface area contributed by atoms with Gasteiger partial charge in [0.1, 0.15) is 5.76 Å². The first-order chi connectivity index (χ1) is 14.4. The molecule has 0 radical (unpaired) electrons. The van der Waals surface area contributed by atoms with Crippen LogP contribution < -0.4 is 4.90 Å². The fraction of sp³-hybridized carbons (Fsp3) is 0.364. The van der Waals surface area contributed by atoms with E-state index >= 15 is 0 Å². The van der Waals surface area contributed by atoms with Crippen molar-refractivity contribution < 1.29 is 18.8 Å². The van der Waals surface area contributed by atoms with Gasteiger partial charge < -0.3 is 14.2 Å². The smallest absolute Gasteiger partial charge is 0.350 e. The second kappa shape index (κ2) is 8.14. The molecule has 0 spiro atoms. The van der Waals surface area contributed by atoms with Gasteiger partial charge in [0.05, 0.1) is 12.8 Å². The molecule has 0 bridgehead atoms. The zero-order valence-corrected chi connectivity index (χ0v) is 17.1. The average molecular weight is 408 g/mol. The van der Waals surface area contributed by atoms with Crippen LogP contribution in [-0.2, 0) is 16.1 Å². The lowest BCUT2D eigenvalue weighted by Crippen LogP contribution is -2.54. The van der Waals surface area contributed by atoms with Gasteiger partial charge in [0, 0.05) is 38.1 Å². The number of urea groups is 1. The number of anilines is 1. The second-order valence-corrected chi connectivity index (χ2v) is 7.64. The Balaban J connectivity index is 1.42. The molecule has 8 nitrogen and oxygen atoms in total. The molecule has 4 rings (SSSR count). The number of amides is 4. The first-order valence-corrected chi connectivity index (χ1v) is 9.97. The predicted molar refractivity (Wildman–Crippen MR) is 111 cm³/mol. The summed E-state index contributed by atoms with van der Waals surface area (Å²) in [6.07, 6.45) is 2.64. The molecule has 1 aromatic heterocycles. The Labute approximate surface area is 174 Å². The van der Waals surface area contributed by atoms with Crippen LogP contribution in [0.4, 0.5) is 10.5 Å². The van der Waals surface area contributed by atoms with Crippen molar-refractivity contribution in [3.8, 4) is 0 Å². The Morgan fingerprint density at radius 2 is 1.90 bits per heavy atom. The molecule has 4 amide bonds. The lowest BCUT2D eigenvalue weighted by atomic mass is 10.0. The van der Waals surface area contributed by atoms with Crippen molar-refractivity contribution in [2.45, 2.75) is 20.4 Å². The minimum atomic E-state index is -1.08. The van der Waals surface area contributed by atoms with Crippen LogP contribution >= 0.6 is 0 Å². The number of rotatable bonds is 4. The summed E-state index contributed by atoms with van der Waals surface area (Å²) in [5.41, 5.74) is 3.56. The number of hydrogen-bond acceptors (Lipinski definition) is 5. The molecule has 0 aliphatic carbocycles. The molecular formula is C22H24N4O4. The monoisotopic (exact) mass is 408 g/mol. The van der Waals surface area contributed by atoms with Crippen molar-refractivity contribution in [3.05, 3.63) is 53.5 Å². The third kappa shape index (κ3) is 3.85. The second-order valence-electron chi connectivity index (χ2n) is 7.64. The zero-order valence-electron chi connectivity index (χ0n) is 17.1. The highest BCUT2D eigenvalue weighted by Crippen LogP contribution is 2.24. The highest BCUT2D eigenvalue weighted by molar-refractivity contribution is 6.20. The number of aliphatic imine (C=N–C) groups is 1. The number of imide groups is 1. The number of benzene rings is 1. The minimum Gasteiger partial charge on any atom is -0.467 e. The normalized spacial score (nSPS) is 19.5.